The molecule has 0 radical (unpaired) electrons. The normalized spacial score (nSPS) is 10.8. The quantitative estimate of drug-likeness (QED) is 0.762. The van der Waals surface area contributed by atoms with Crippen molar-refractivity contribution in [1.29, 1.82) is 0 Å². The van der Waals surface area contributed by atoms with E-state index in [1.54, 1.807) is 18.4 Å². The summed E-state index contributed by atoms with van der Waals surface area (Å²) in [4.78, 5) is 0. The number of nitrogen functional groups attached to an aromatic ring is 1. The van der Waals surface area contributed by atoms with Crippen LogP contribution in [0.2, 0.25) is 0 Å². The molecule has 2 N–H and O–H groups in total. The van der Waals surface area contributed by atoms with Crippen LogP contribution in [0.15, 0.2) is 45.5 Å². The van der Waals surface area contributed by atoms with Gasteiger partial charge in [-0.15, -0.1) is 0 Å². The van der Waals surface area contributed by atoms with E-state index >= 15 is 0 Å². The molecule has 2 aromatic heterocycles. The summed E-state index contributed by atoms with van der Waals surface area (Å²) in [5.41, 5.74) is 8.08. The first-order valence-electron chi connectivity index (χ1n) is 5.72. The van der Waals surface area contributed by atoms with Crippen molar-refractivity contribution in [2.24, 2.45) is 0 Å². The van der Waals surface area contributed by atoms with Gasteiger partial charge in [0.25, 0.3) is 0 Å². The summed E-state index contributed by atoms with van der Waals surface area (Å²) in [6.07, 6.45) is 1.57. The van der Waals surface area contributed by atoms with Crippen LogP contribution >= 0.6 is 0 Å². The Balaban J connectivity index is 2.19. The van der Waals surface area contributed by atoms with Gasteiger partial charge in [-0.1, -0.05) is 17.3 Å². The topological polar surface area (TPSA) is 65.2 Å². The van der Waals surface area contributed by atoms with Crippen molar-refractivity contribution in [1.82, 2.24) is 5.16 Å². The number of aromatic nitrogens is 1. The largest absolute Gasteiger partial charge is 0.461 e. The minimum atomic E-state index is -0.311. The summed E-state index contributed by atoms with van der Waals surface area (Å²) in [7, 11) is 0. The van der Waals surface area contributed by atoms with Crippen molar-refractivity contribution in [3.05, 3.63) is 48.0 Å². The molecule has 96 valence electrons. The Hall–Kier alpha value is -2.56. The minimum absolute atomic E-state index is 0.248. The van der Waals surface area contributed by atoms with Crippen molar-refractivity contribution in [2.75, 3.05) is 5.73 Å². The van der Waals surface area contributed by atoms with E-state index in [0.717, 1.165) is 11.1 Å². The Labute approximate surface area is 108 Å². The van der Waals surface area contributed by atoms with Gasteiger partial charge >= 0.3 is 0 Å². The molecule has 0 aliphatic carbocycles. The second-order valence-corrected chi connectivity index (χ2v) is 4.21. The van der Waals surface area contributed by atoms with Crippen LogP contribution in [-0.2, 0) is 0 Å². The molecule has 19 heavy (non-hydrogen) atoms. The molecule has 2 heterocycles. The first-order valence-corrected chi connectivity index (χ1v) is 5.72. The fourth-order valence-electron chi connectivity index (χ4n) is 1.96. The zero-order chi connectivity index (χ0) is 13.4. The zero-order valence-electron chi connectivity index (χ0n) is 10.2. The molecule has 0 amide bonds. The van der Waals surface area contributed by atoms with Crippen LogP contribution in [0.3, 0.4) is 0 Å². The second-order valence-electron chi connectivity index (χ2n) is 4.21. The summed E-state index contributed by atoms with van der Waals surface area (Å²) >= 11 is 0. The maximum atomic E-state index is 13.0. The lowest BCUT2D eigenvalue weighted by atomic mass is 10.0. The van der Waals surface area contributed by atoms with Crippen LogP contribution in [0.4, 0.5) is 10.2 Å². The number of nitrogens with two attached hydrogens (primary N) is 1. The molecule has 0 saturated heterocycles. The fourth-order valence-corrected chi connectivity index (χ4v) is 1.96. The predicted octanol–water partition coefficient (Wildman–Crippen LogP) is 3.63. The van der Waals surface area contributed by atoms with E-state index in [9.17, 15) is 4.39 Å². The number of hydrogen-bond donors (Lipinski definition) is 1. The highest BCUT2D eigenvalue weighted by Gasteiger charge is 2.21. The van der Waals surface area contributed by atoms with Crippen molar-refractivity contribution in [3.63, 3.8) is 0 Å². The van der Waals surface area contributed by atoms with E-state index < -0.39 is 0 Å². The van der Waals surface area contributed by atoms with Gasteiger partial charge in [0.15, 0.2) is 11.6 Å². The number of anilines is 1. The molecule has 1 aromatic carbocycles. The van der Waals surface area contributed by atoms with E-state index in [1.165, 1.54) is 12.1 Å². The number of rotatable bonds is 2. The third-order valence-electron chi connectivity index (χ3n) is 2.92. The van der Waals surface area contributed by atoms with Crippen molar-refractivity contribution >= 4 is 5.82 Å². The highest BCUT2D eigenvalue weighted by atomic mass is 19.1. The lowest BCUT2D eigenvalue weighted by Gasteiger charge is -2.01. The van der Waals surface area contributed by atoms with E-state index in [0.29, 0.717) is 17.1 Å². The first-order chi connectivity index (χ1) is 9.16. The zero-order valence-corrected chi connectivity index (χ0v) is 10.2. The summed E-state index contributed by atoms with van der Waals surface area (Å²) in [6, 6.07) is 7.80. The third-order valence-corrected chi connectivity index (χ3v) is 2.92. The highest BCUT2D eigenvalue weighted by Crippen LogP contribution is 2.38. The van der Waals surface area contributed by atoms with Gasteiger partial charge in [-0.25, -0.2) is 4.39 Å². The second kappa shape index (κ2) is 4.28. The molecule has 5 heteroatoms. The van der Waals surface area contributed by atoms with Gasteiger partial charge in [-0.2, -0.15) is 0 Å². The monoisotopic (exact) mass is 258 g/mol. The highest BCUT2D eigenvalue weighted by molar-refractivity contribution is 5.85. The van der Waals surface area contributed by atoms with Crippen LogP contribution < -0.4 is 5.73 Å². The van der Waals surface area contributed by atoms with Gasteiger partial charge < -0.3 is 14.7 Å². The average Bonchev–Trinajstić information content (AvgIpc) is 2.97. The number of aryl methyl sites for hydroxylation is 1. The SMILES string of the molecule is Cc1ccoc1-c1onc(N)c1-c1ccc(F)cc1. The fraction of sp³-hybridized carbons (Fsp3) is 0.0714. The Kier molecular flexibility index (Phi) is 2.59. The maximum Gasteiger partial charge on any atom is 0.212 e. The smallest absolute Gasteiger partial charge is 0.212 e. The molecule has 0 aliphatic rings. The van der Waals surface area contributed by atoms with Crippen molar-refractivity contribution < 1.29 is 13.3 Å². The summed E-state index contributed by atoms with van der Waals surface area (Å²) in [6.45, 7) is 1.89. The summed E-state index contributed by atoms with van der Waals surface area (Å²) in [5.74, 6) is 0.960. The molecule has 0 fully saturated rings. The maximum absolute atomic E-state index is 13.0. The van der Waals surface area contributed by atoms with E-state index in [1.807, 2.05) is 13.0 Å². The summed E-state index contributed by atoms with van der Waals surface area (Å²) in [5, 5.41) is 3.76. The minimum Gasteiger partial charge on any atom is -0.461 e. The molecule has 0 saturated carbocycles. The number of halogens is 1. The van der Waals surface area contributed by atoms with Crippen LogP contribution in [0.5, 0.6) is 0 Å². The van der Waals surface area contributed by atoms with Crippen molar-refractivity contribution in [2.45, 2.75) is 6.92 Å². The Morgan fingerprint density at radius 2 is 1.84 bits per heavy atom. The van der Waals surface area contributed by atoms with Crippen LogP contribution in [0.25, 0.3) is 22.6 Å². The van der Waals surface area contributed by atoms with Crippen LogP contribution in [0.1, 0.15) is 5.56 Å². The third kappa shape index (κ3) is 1.89. The molecule has 0 aliphatic heterocycles. The Morgan fingerprint density at radius 1 is 1.11 bits per heavy atom. The van der Waals surface area contributed by atoms with E-state index in [-0.39, 0.29) is 11.6 Å². The van der Waals surface area contributed by atoms with Gasteiger partial charge in [0, 0.05) is 0 Å². The van der Waals surface area contributed by atoms with Gasteiger partial charge in [0.2, 0.25) is 5.76 Å². The molecule has 0 spiro atoms. The molecule has 3 aromatic rings. The van der Waals surface area contributed by atoms with Gasteiger partial charge in [-0.05, 0) is 36.2 Å². The lowest BCUT2D eigenvalue weighted by molar-refractivity contribution is 0.421. The molecular formula is C14H11FN2O2. The number of nitrogens with zero attached hydrogens (tertiary/aromatic N) is 1. The molecule has 0 bridgehead atoms. The number of hydrogen-bond acceptors (Lipinski definition) is 4. The first kappa shape index (κ1) is 11.5. The predicted molar refractivity (Wildman–Crippen MR) is 68.7 cm³/mol. The van der Waals surface area contributed by atoms with E-state index in [4.69, 9.17) is 14.7 Å². The van der Waals surface area contributed by atoms with Crippen LogP contribution in [-0.4, -0.2) is 5.16 Å². The van der Waals surface area contributed by atoms with E-state index in [2.05, 4.69) is 5.16 Å². The van der Waals surface area contributed by atoms with Crippen molar-refractivity contribution in [3.8, 4) is 22.6 Å². The molecule has 4 nitrogen and oxygen atoms in total. The average molecular weight is 258 g/mol. The molecule has 0 unspecified atom stereocenters. The number of benzene rings is 1. The molecular weight excluding hydrogens is 247 g/mol. The van der Waals surface area contributed by atoms with Crippen LogP contribution in [0, 0.1) is 12.7 Å². The molecule has 0 atom stereocenters. The Morgan fingerprint density at radius 3 is 2.47 bits per heavy atom. The number of furan rings is 1. The van der Waals surface area contributed by atoms with Gasteiger partial charge in [0.05, 0.1) is 11.8 Å². The Bertz CT molecular complexity index is 713. The standard InChI is InChI=1S/C14H11FN2O2/c1-8-6-7-18-12(8)13-11(14(16)17-19-13)9-2-4-10(15)5-3-9/h2-7H,1H3,(H2,16,17). The van der Waals surface area contributed by atoms with Gasteiger partial charge in [-0.3, -0.25) is 0 Å². The lowest BCUT2D eigenvalue weighted by Crippen LogP contribution is -1.89. The molecule has 3 rings (SSSR count). The summed E-state index contributed by atoms with van der Waals surface area (Å²) < 4.78 is 23.6. The van der Waals surface area contributed by atoms with Gasteiger partial charge in [0.1, 0.15) is 5.82 Å².